The lowest BCUT2D eigenvalue weighted by Gasteiger charge is -2.33. The van der Waals surface area contributed by atoms with Crippen molar-refractivity contribution in [3.05, 3.63) is 94.5 Å². The first-order valence-electron chi connectivity index (χ1n) is 10.6. The van der Waals surface area contributed by atoms with Crippen molar-refractivity contribution in [3.63, 3.8) is 0 Å². The third-order valence-electron chi connectivity index (χ3n) is 6.54. The summed E-state index contributed by atoms with van der Waals surface area (Å²) >= 11 is 0. The molecule has 4 aromatic rings. The topological polar surface area (TPSA) is 0 Å². The zero-order chi connectivity index (χ0) is 20.4. The van der Waals surface area contributed by atoms with E-state index in [4.69, 9.17) is 0 Å². The van der Waals surface area contributed by atoms with Gasteiger partial charge in [-0.25, -0.2) is 0 Å². The zero-order valence-corrected chi connectivity index (χ0v) is 18.0. The van der Waals surface area contributed by atoms with Crippen molar-refractivity contribution in [2.45, 2.75) is 45.4 Å². The predicted molar refractivity (Wildman–Crippen MR) is 128 cm³/mol. The highest BCUT2D eigenvalue weighted by Gasteiger charge is 2.33. The summed E-state index contributed by atoms with van der Waals surface area (Å²) in [7, 11) is 0. The molecule has 0 unspecified atom stereocenters. The van der Waals surface area contributed by atoms with E-state index < -0.39 is 0 Å². The average Bonchev–Trinajstić information content (AvgIpc) is 2.80. The van der Waals surface area contributed by atoms with Crippen LogP contribution in [0.3, 0.4) is 0 Å². The maximum absolute atomic E-state index is 2.43. The lowest BCUT2D eigenvalue weighted by atomic mass is 9.70. The lowest BCUT2D eigenvalue weighted by Crippen LogP contribution is -2.23. The van der Waals surface area contributed by atoms with E-state index in [2.05, 4.69) is 114 Å². The van der Waals surface area contributed by atoms with Crippen LogP contribution >= 0.6 is 0 Å². The van der Waals surface area contributed by atoms with Crippen LogP contribution in [0, 0.1) is 0 Å². The van der Waals surface area contributed by atoms with Gasteiger partial charge in [-0.2, -0.15) is 0 Å². The van der Waals surface area contributed by atoms with Gasteiger partial charge in [0.15, 0.2) is 0 Å². The Morgan fingerprint density at radius 3 is 1.93 bits per heavy atom. The molecule has 0 bridgehead atoms. The highest BCUT2D eigenvalue weighted by atomic mass is 14.4. The van der Waals surface area contributed by atoms with E-state index in [1.807, 2.05) is 0 Å². The fraction of sp³-hybridized carbons (Fsp3) is 0.241. The molecule has 0 aliphatic heterocycles. The highest BCUT2D eigenvalue weighted by molar-refractivity contribution is 5.99. The molecule has 1 aliphatic carbocycles. The summed E-state index contributed by atoms with van der Waals surface area (Å²) in [6, 6.07) is 24.7. The predicted octanol–water partition coefficient (Wildman–Crippen LogP) is 8.10. The summed E-state index contributed by atoms with van der Waals surface area (Å²) in [5, 5.41) is 5.43. The summed E-state index contributed by atoms with van der Waals surface area (Å²) in [6.45, 7) is 11.7. The minimum absolute atomic E-state index is 0.0957. The van der Waals surface area contributed by atoms with Crippen molar-refractivity contribution in [2.24, 2.45) is 0 Å². The summed E-state index contributed by atoms with van der Waals surface area (Å²) in [5.41, 5.74) is 6.95. The van der Waals surface area contributed by atoms with E-state index in [0.29, 0.717) is 0 Å². The first-order chi connectivity index (χ1) is 13.8. The maximum Gasteiger partial charge on any atom is 0.0170 e. The summed E-state index contributed by atoms with van der Waals surface area (Å²) in [4.78, 5) is 0. The second-order valence-electron chi connectivity index (χ2n) is 9.89. The Bertz CT molecular complexity index is 1290. The van der Waals surface area contributed by atoms with E-state index in [0.717, 1.165) is 0 Å². The number of benzene rings is 4. The Kier molecular flexibility index (Phi) is 3.80. The molecule has 0 heteroatoms. The fourth-order valence-corrected chi connectivity index (χ4v) is 5.28. The smallest absolute Gasteiger partial charge is 0.0170 e. The Labute approximate surface area is 173 Å². The second kappa shape index (κ2) is 6.07. The molecule has 0 nitrogen and oxygen atoms in total. The molecular formula is C29H28. The van der Waals surface area contributed by atoms with Gasteiger partial charge in [0.05, 0.1) is 0 Å². The van der Waals surface area contributed by atoms with Crippen molar-refractivity contribution in [1.29, 1.82) is 0 Å². The number of hydrogen-bond acceptors (Lipinski definition) is 0. The molecule has 0 aromatic heterocycles. The van der Waals surface area contributed by atoms with Gasteiger partial charge in [0.25, 0.3) is 0 Å². The molecule has 0 saturated heterocycles. The zero-order valence-electron chi connectivity index (χ0n) is 18.0. The van der Waals surface area contributed by atoms with Gasteiger partial charge >= 0.3 is 0 Å². The van der Waals surface area contributed by atoms with Gasteiger partial charge in [-0.15, -0.1) is 0 Å². The molecule has 0 fully saturated rings. The molecule has 0 radical (unpaired) electrons. The van der Waals surface area contributed by atoms with Gasteiger partial charge in [0, 0.05) is 5.41 Å². The molecule has 144 valence electrons. The Morgan fingerprint density at radius 2 is 1.21 bits per heavy atom. The second-order valence-corrected chi connectivity index (χ2v) is 9.89. The molecular weight excluding hydrogens is 348 g/mol. The van der Waals surface area contributed by atoms with E-state index in [9.17, 15) is 0 Å². The first kappa shape index (κ1) is 18.2. The monoisotopic (exact) mass is 376 g/mol. The Balaban J connectivity index is 1.95. The summed E-state index contributed by atoms with van der Waals surface area (Å²) in [5.74, 6) is 0. The van der Waals surface area contributed by atoms with Crippen LogP contribution in [0.2, 0.25) is 0 Å². The van der Waals surface area contributed by atoms with Gasteiger partial charge in [-0.05, 0) is 54.8 Å². The lowest BCUT2D eigenvalue weighted by molar-refractivity contribution is 0.594. The maximum atomic E-state index is 2.43. The van der Waals surface area contributed by atoms with Gasteiger partial charge in [-0.3, -0.25) is 0 Å². The standard InChI is InChI=1S/C29H28/c1-28(2,3)25-18-21-17-16-20-15-14-19-10-6-7-11-22(19)26(20)29(4,5)27(21)24-13-9-8-12-23(24)25/h6-18H,1-5H3. The normalized spacial score (nSPS) is 15.2. The first-order valence-corrected chi connectivity index (χ1v) is 10.6. The molecule has 0 spiro atoms. The van der Waals surface area contributed by atoms with Crippen molar-refractivity contribution < 1.29 is 0 Å². The third-order valence-corrected chi connectivity index (χ3v) is 6.54. The van der Waals surface area contributed by atoms with Gasteiger partial charge in [0.1, 0.15) is 0 Å². The van der Waals surface area contributed by atoms with Crippen molar-refractivity contribution in [1.82, 2.24) is 0 Å². The van der Waals surface area contributed by atoms with Crippen LogP contribution in [-0.4, -0.2) is 0 Å². The minimum atomic E-state index is -0.106. The molecule has 29 heavy (non-hydrogen) atoms. The fourth-order valence-electron chi connectivity index (χ4n) is 5.28. The van der Waals surface area contributed by atoms with Crippen LogP contribution in [0.4, 0.5) is 0 Å². The van der Waals surface area contributed by atoms with Crippen LogP contribution in [0.5, 0.6) is 0 Å². The molecule has 5 rings (SSSR count). The molecule has 4 aromatic carbocycles. The molecule has 0 amide bonds. The Hall–Kier alpha value is -2.86. The third kappa shape index (κ3) is 2.66. The number of fused-ring (bicyclic) bond motifs is 6. The van der Waals surface area contributed by atoms with E-state index in [-0.39, 0.29) is 10.8 Å². The van der Waals surface area contributed by atoms with Crippen LogP contribution in [0.15, 0.2) is 66.7 Å². The van der Waals surface area contributed by atoms with Gasteiger partial charge in [0.2, 0.25) is 0 Å². The quantitative estimate of drug-likeness (QED) is 0.291. The van der Waals surface area contributed by atoms with Gasteiger partial charge in [-0.1, -0.05) is 114 Å². The van der Waals surface area contributed by atoms with Crippen LogP contribution in [0.25, 0.3) is 33.7 Å². The van der Waals surface area contributed by atoms with Crippen LogP contribution < -0.4 is 0 Å². The number of rotatable bonds is 0. The van der Waals surface area contributed by atoms with Crippen molar-refractivity contribution >= 4 is 33.7 Å². The largest absolute Gasteiger partial charge is 0.0616 e. The summed E-state index contributed by atoms with van der Waals surface area (Å²) in [6.07, 6.45) is 4.65. The SMILES string of the molecule is CC(C)(C)c1cc2c(c3ccccc13)C(C)(C)c1c(ccc3ccccc13)C=C2. The van der Waals surface area contributed by atoms with Crippen LogP contribution in [0.1, 0.15) is 62.4 Å². The van der Waals surface area contributed by atoms with E-state index in [1.165, 1.54) is 49.4 Å². The average molecular weight is 377 g/mol. The van der Waals surface area contributed by atoms with E-state index >= 15 is 0 Å². The van der Waals surface area contributed by atoms with Crippen molar-refractivity contribution in [2.75, 3.05) is 0 Å². The number of hydrogen-bond donors (Lipinski definition) is 0. The van der Waals surface area contributed by atoms with Crippen molar-refractivity contribution in [3.8, 4) is 0 Å². The molecule has 0 atom stereocenters. The molecule has 0 N–H and O–H groups in total. The molecule has 0 heterocycles. The van der Waals surface area contributed by atoms with Gasteiger partial charge < -0.3 is 0 Å². The van der Waals surface area contributed by atoms with Crippen LogP contribution in [-0.2, 0) is 10.8 Å². The van der Waals surface area contributed by atoms with E-state index in [1.54, 1.807) is 0 Å². The summed E-state index contributed by atoms with van der Waals surface area (Å²) < 4.78 is 0. The molecule has 0 saturated carbocycles. The minimum Gasteiger partial charge on any atom is -0.0616 e. The highest BCUT2D eigenvalue weighted by Crippen LogP contribution is 2.47. The Morgan fingerprint density at radius 1 is 0.621 bits per heavy atom. The molecule has 1 aliphatic rings.